The number of rotatable bonds is 5. The van der Waals surface area contributed by atoms with Crippen molar-refractivity contribution >= 4 is 17.6 Å². The molecule has 1 rings (SSSR count). The Labute approximate surface area is 122 Å². The molecule has 19 heavy (non-hydrogen) atoms. The largest absolute Gasteiger partial charge is 0.373 e. The molecule has 0 aliphatic rings. The molecule has 0 bridgehead atoms. The van der Waals surface area contributed by atoms with Crippen molar-refractivity contribution in [2.75, 3.05) is 18.1 Å². The first kappa shape index (κ1) is 16.3. The molecule has 1 aromatic rings. The summed E-state index contributed by atoms with van der Waals surface area (Å²) in [6.07, 6.45) is 1.21. The van der Waals surface area contributed by atoms with E-state index < -0.39 is 0 Å². The molecule has 4 heteroatoms. The van der Waals surface area contributed by atoms with Gasteiger partial charge in [-0.2, -0.15) is 0 Å². The third kappa shape index (κ3) is 4.37. The van der Waals surface area contributed by atoms with Gasteiger partial charge in [-0.05, 0) is 12.8 Å². The van der Waals surface area contributed by atoms with E-state index >= 15 is 0 Å². The summed E-state index contributed by atoms with van der Waals surface area (Å²) in [5.74, 6) is 3.69. The van der Waals surface area contributed by atoms with E-state index in [1.807, 2.05) is 18.8 Å². The van der Waals surface area contributed by atoms with Crippen LogP contribution in [0.5, 0.6) is 0 Å². The van der Waals surface area contributed by atoms with Crippen LogP contribution in [0.3, 0.4) is 0 Å². The molecule has 0 saturated carbocycles. The average Bonchev–Trinajstić information content (AvgIpc) is 2.35. The van der Waals surface area contributed by atoms with E-state index in [1.165, 1.54) is 6.42 Å². The maximum atomic E-state index is 4.77. The summed E-state index contributed by atoms with van der Waals surface area (Å²) in [7, 11) is 1.92. The van der Waals surface area contributed by atoms with Gasteiger partial charge in [0, 0.05) is 23.8 Å². The predicted molar refractivity (Wildman–Crippen MR) is 85.2 cm³/mol. The molecule has 1 unspecified atom stereocenters. The molecule has 108 valence electrons. The molecule has 3 nitrogen and oxygen atoms in total. The van der Waals surface area contributed by atoms with Gasteiger partial charge in [0.25, 0.3) is 0 Å². The summed E-state index contributed by atoms with van der Waals surface area (Å²) in [5.41, 5.74) is 1.13. The van der Waals surface area contributed by atoms with Crippen LogP contribution in [-0.2, 0) is 5.41 Å². The lowest BCUT2D eigenvalue weighted by atomic mass is 9.95. The van der Waals surface area contributed by atoms with E-state index in [2.05, 4.69) is 51.8 Å². The molecule has 0 radical (unpaired) electrons. The highest BCUT2D eigenvalue weighted by atomic mass is 32.2. The molecule has 0 aliphatic heterocycles. The van der Waals surface area contributed by atoms with Crippen LogP contribution in [0, 0.1) is 12.8 Å². The number of thioether (sulfide) groups is 1. The summed E-state index contributed by atoms with van der Waals surface area (Å²) < 4.78 is 0. The zero-order chi connectivity index (χ0) is 14.6. The number of nitrogens with zero attached hydrogens (tertiary/aromatic N) is 2. The molecule has 0 saturated heterocycles. The first-order valence-electron chi connectivity index (χ1n) is 6.99. The van der Waals surface area contributed by atoms with Crippen molar-refractivity contribution in [2.24, 2.45) is 5.92 Å². The minimum absolute atomic E-state index is 0.0228. The van der Waals surface area contributed by atoms with E-state index in [9.17, 15) is 0 Å². The molecular formula is C15H27N3S. The summed E-state index contributed by atoms with van der Waals surface area (Å²) in [6.45, 7) is 13.1. The van der Waals surface area contributed by atoms with Crippen molar-refractivity contribution in [2.45, 2.75) is 58.4 Å². The number of hydrogen-bond acceptors (Lipinski definition) is 4. The Hall–Kier alpha value is -0.770. The van der Waals surface area contributed by atoms with Crippen molar-refractivity contribution in [3.05, 3.63) is 11.4 Å². The smallest absolute Gasteiger partial charge is 0.137 e. The number of aromatic nitrogens is 2. The molecule has 1 heterocycles. The Balaban J connectivity index is 3.08. The van der Waals surface area contributed by atoms with Gasteiger partial charge in [0.05, 0.1) is 0 Å². The number of nitrogens with one attached hydrogen (secondary N) is 1. The van der Waals surface area contributed by atoms with Gasteiger partial charge < -0.3 is 5.32 Å². The molecule has 0 aromatic carbocycles. The number of hydrogen-bond donors (Lipinski definition) is 1. The monoisotopic (exact) mass is 281 g/mol. The molecule has 0 spiro atoms. The van der Waals surface area contributed by atoms with Crippen molar-refractivity contribution in [1.29, 1.82) is 0 Å². The van der Waals surface area contributed by atoms with Crippen molar-refractivity contribution < 1.29 is 0 Å². The van der Waals surface area contributed by atoms with Crippen LogP contribution in [0.4, 0.5) is 5.82 Å². The lowest BCUT2D eigenvalue weighted by Gasteiger charge is -2.20. The highest BCUT2D eigenvalue weighted by molar-refractivity contribution is 7.99. The fraction of sp³-hybridized carbons (Fsp3) is 0.733. The van der Waals surface area contributed by atoms with E-state index in [4.69, 9.17) is 4.98 Å². The normalized spacial score (nSPS) is 13.4. The van der Waals surface area contributed by atoms with Gasteiger partial charge in [0.15, 0.2) is 0 Å². The topological polar surface area (TPSA) is 37.8 Å². The van der Waals surface area contributed by atoms with Crippen LogP contribution in [0.1, 0.15) is 52.4 Å². The van der Waals surface area contributed by atoms with Crippen LogP contribution in [0.2, 0.25) is 0 Å². The van der Waals surface area contributed by atoms with Gasteiger partial charge in [0.1, 0.15) is 16.7 Å². The zero-order valence-corrected chi connectivity index (χ0v) is 14.1. The second kappa shape index (κ2) is 6.60. The Morgan fingerprint density at radius 1 is 1.26 bits per heavy atom. The Morgan fingerprint density at radius 3 is 2.37 bits per heavy atom. The molecule has 0 fully saturated rings. The fourth-order valence-electron chi connectivity index (χ4n) is 1.55. The van der Waals surface area contributed by atoms with Crippen LogP contribution < -0.4 is 5.32 Å². The van der Waals surface area contributed by atoms with Crippen molar-refractivity contribution in [3.8, 4) is 0 Å². The van der Waals surface area contributed by atoms with E-state index in [0.29, 0.717) is 0 Å². The fourth-order valence-corrected chi connectivity index (χ4v) is 2.70. The van der Waals surface area contributed by atoms with Gasteiger partial charge in [-0.1, -0.05) is 41.0 Å². The SMILES string of the molecule is CCC(C)CSc1nc(C(C)(C)C)nc(NC)c1C. The van der Waals surface area contributed by atoms with E-state index in [-0.39, 0.29) is 5.41 Å². The van der Waals surface area contributed by atoms with Crippen molar-refractivity contribution in [3.63, 3.8) is 0 Å². The molecule has 1 aromatic heterocycles. The van der Waals surface area contributed by atoms with Crippen LogP contribution in [0.15, 0.2) is 5.03 Å². The maximum Gasteiger partial charge on any atom is 0.137 e. The summed E-state index contributed by atoms with van der Waals surface area (Å²) in [6, 6.07) is 0. The molecule has 1 atom stereocenters. The average molecular weight is 281 g/mol. The maximum absolute atomic E-state index is 4.77. The predicted octanol–water partition coefficient (Wildman–Crippen LogP) is 4.26. The lowest BCUT2D eigenvalue weighted by molar-refractivity contribution is 0.538. The second-order valence-corrected chi connectivity index (χ2v) is 7.16. The lowest BCUT2D eigenvalue weighted by Crippen LogP contribution is -2.18. The van der Waals surface area contributed by atoms with Gasteiger partial charge in [-0.3, -0.25) is 0 Å². The van der Waals surface area contributed by atoms with Crippen LogP contribution >= 0.6 is 11.8 Å². The molecular weight excluding hydrogens is 254 g/mol. The first-order chi connectivity index (χ1) is 8.79. The van der Waals surface area contributed by atoms with Crippen LogP contribution in [0.25, 0.3) is 0 Å². The third-order valence-corrected chi connectivity index (χ3v) is 4.62. The van der Waals surface area contributed by atoms with Gasteiger partial charge in [-0.25, -0.2) is 9.97 Å². The third-order valence-electron chi connectivity index (χ3n) is 3.21. The highest BCUT2D eigenvalue weighted by Gasteiger charge is 2.21. The Bertz CT molecular complexity index is 424. The quantitative estimate of drug-likeness (QED) is 0.646. The Morgan fingerprint density at radius 2 is 1.89 bits per heavy atom. The van der Waals surface area contributed by atoms with Gasteiger partial charge in [-0.15, -0.1) is 11.8 Å². The summed E-state index contributed by atoms with van der Waals surface area (Å²) >= 11 is 1.85. The highest BCUT2D eigenvalue weighted by Crippen LogP contribution is 2.30. The standard InChI is InChI=1S/C15H27N3S/c1-8-10(2)9-19-13-11(3)12(16-7)17-14(18-13)15(4,5)6/h10H,8-9H2,1-7H3,(H,16,17,18). The molecule has 0 aliphatic carbocycles. The molecule has 1 N–H and O–H groups in total. The summed E-state index contributed by atoms with van der Waals surface area (Å²) in [5, 5.41) is 4.30. The first-order valence-corrected chi connectivity index (χ1v) is 7.97. The zero-order valence-electron chi connectivity index (χ0n) is 13.3. The minimum Gasteiger partial charge on any atom is -0.373 e. The number of anilines is 1. The van der Waals surface area contributed by atoms with Crippen LogP contribution in [-0.4, -0.2) is 22.8 Å². The second-order valence-electron chi connectivity index (χ2n) is 6.15. The Kier molecular flexibility index (Phi) is 5.65. The summed E-state index contributed by atoms with van der Waals surface area (Å²) in [4.78, 5) is 9.40. The van der Waals surface area contributed by atoms with E-state index in [0.717, 1.165) is 33.9 Å². The molecule has 0 amide bonds. The van der Waals surface area contributed by atoms with Crippen molar-refractivity contribution in [1.82, 2.24) is 9.97 Å². The minimum atomic E-state index is -0.0228. The van der Waals surface area contributed by atoms with Gasteiger partial charge >= 0.3 is 0 Å². The van der Waals surface area contributed by atoms with Gasteiger partial charge in [0.2, 0.25) is 0 Å². The van der Waals surface area contributed by atoms with E-state index in [1.54, 1.807) is 0 Å².